The average Bonchev–Trinajstić information content (AvgIpc) is 3.47. The van der Waals surface area contributed by atoms with Crippen molar-refractivity contribution in [2.45, 2.75) is 412 Å². The number of carbonyl (C=O) groups excluding carboxylic acids is 3. The molecule has 6 nitrogen and oxygen atoms in total. The van der Waals surface area contributed by atoms with E-state index in [-0.39, 0.29) is 31.1 Å². The van der Waals surface area contributed by atoms with E-state index >= 15 is 0 Å². The van der Waals surface area contributed by atoms with E-state index in [9.17, 15) is 14.4 Å². The quantitative estimate of drug-likeness (QED) is 0.0261. The summed E-state index contributed by atoms with van der Waals surface area (Å²) in [5.74, 6) is -0.849. The Morgan fingerprint density at radius 1 is 0.247 bits per heavy atom. The van der Waals surface area contributed by atoms with Crippen LogP contribution in [0.15, 0.2) is 36.5 Å². The lowest BCUT2D eigenvalue weighted by Gasteiger charge is -2.18. The Morgan fingerprint density at radius 3 is 0.728 bits per heavy atom. The van der Waals surface area contributed by atoms with Gasteiger partial charge in [-0.1, -0.05) is 353 Å². The number of rotatable bonds is 68. The summed E-state index contributed by atoms with van der Waals surface area (Å²) >= 11 is 0. The van der Waals surface area contributed by atoms with E-state index in [1.807, 2.05) is 0 Å². The lowest BCUT2D eigenvalue weighted by Crippen LogP contribution is -2.30. The predicted octanol–water partition coefficient (Wildman–Crippen LogP) is 25.1. The van der Waals surface area contributed by atoms with Gasteiger partial charge in [-0.05, 0) is 70.6 Å². The maximum Gasteiger partial charge on any atom is 0.306 e. The maximum atomic E-state index is 12.9. The fraction of sp³-hybridized carbons (Fsp3) is 0.880. The van der Waals surface area contributed by atoms with Gasteiger partial charge in [-0.25, -0.2) is 0 Å². The van der Waals surface area contributed by atoms with Crippen LogP contribution in [0.5, 0.6) is 0 Å². The van der Waals surface area contributed by atoms with Gasteiger partial charge >= 0.3 is 17.9 Å². The third kappa shape index (κ3) is 68.3. The summed E-state index contributed by atoms with van der Waals surface area (Å²) in [7, 11) is 0. The van der Waals surface area contributed by atoms with Crippen molar-refractivity contribution in [2.24, 2.45) is 0 Å². The number of unbranched alkanes of at least 4 members (excludes halogenated alkanes) is 51. The Labute approximate surface area is 506 Å². The van der Waals surface area contributed by atoms with E-state index in [1.54, 1.807) is 0 Å². The SMILES string of the molecule is CCCC/C=C\CCCCCCCC(=O)OCC(COC(=O)CCCCCCCCCCCCCCCCCCCCCCCCC/C=C\C/C=C\CCCCCCC)OC(=O)CCCCCCCCCCCCCCCCCCC. The van der Waals surface area contributed by atoms with Gasteiger partial charge in [-0.3, -0.25) is 14.4 Å². The van der Waals surface area contributed by atoms with Gasteiger partial charge in [0.2, 0.25) is 0 Å². The summed E-state index contributed by atoms with van der Waals surface area (Å²) in [4.78, 5) is 38.3. The first-order valence-electron chi connectivity index (χ1n) is 36.5. The van der Waals surface area contributed by atoms with Crippen LogP contribution >= 0.6 is 0 Å². The third-order valence-electron chi connectivity index (χ3n) is 16.6. The van der Waals surface area contributed by atoms with Crippen molar-refractivity contribution in [1.29, 1.82) is 0 Å². The lowest BCUT2D eigenvalue weighted by molar-refractivity contribution is -0.167. The molecule has 0 fully saturated rings. The summed E-state index contributed by atoms with van der Waals surface area (Å²) in [5, 5.41) is 0. The lowest BCUT2D eigenvalue weighted by atomic mass is 10.0. The zero-order valence-corrected chi connectivity index (χ0v) is 54.8. The first-order chi connectivity index (χ1) is 40.0. The Bertz CT molecular complexity index is 1350. The molecule has 0 aromatic rings. The fourth-order valence-corrected chi connectivity index (χ4v) is 11.1. The molecular weight excluding hydrogens is 997 g/mol. The standard InChI is InChI=1S/C75H140O6/c1-4-7-10-13-16-19-22-24-26-28-29-30-31-32-33-34-35-36-37-38-39-40-41-42-43-44-45-47-48-50-53-56-59-62-65-68-74(77)80-71-72(70-79-73(76)67-64-61-58-55-52-21-18-15-12-9-6-3)81-75(78)69-66-63-60-57-54-51-49-46-27-25-23-20-17-14-11-8-5-2/h15,18,22,24,28-29,72H,4-14,16-17,19-21,23,25-27,30-71H2,1-3H3/b18-15-,24-22-,29-28-. The highest BCUT2D eigenvalue weighted by Crippen LogP contribution is 2.19. The Balaban J connectivity index is 4.02. The van der Waals surface area contributed by atoms with Gasteiger partial charge in [0.15, 0.2) is 6.10 Å². The molecule has 0 heterocycles. The minimum Gasteiger partial charge on any atom is -0.462 e. The summed E-state index contributed by atoms with van der Waals surface area (Å²) < 4.78 is 17.0. The van der Waals surface area contributed by atoms with Gasteiger partial charge in [0.05, 0.1) is 0 Å². The van der Waals surface area contributed by atoms with Gasteiger partial charge in [0.25, 0.3) is 0 Å². The molecule has 0 aliphatic heterocycles. The van der Waals surface area contributed by atoms with Crippen LogP contribution in [0.4, 0.5) is 0 Å². The summed E-state index contributed by atoms with van der Waals surface area (Å²) in [6.45, 7) is 6.65. The summed E-state index contributed by atoms with van der Waals surface area (Å²) in [6, 6.07) is 0. The highest BCUT2D eigenvalue weighted by molar-refractivity contribution is 5.71. The number of ether oxygens (including phenoxy) is 3. The van der Waals surface area contributed by atoms with Crippen LogP contribution in [0.3, 0.4) is 0 Å². The molecule has 0 aromatic carbocycles. The minimum atomic E-state index is -0.771. The predicted molar refractivity (Wildman–Crippen MR) is 353 cm³/mol. The minimum absolute atomic E-state index is 0.0681. The molecule has 6 heteroatoms. The fourth-order valence-electron chi connectivity index (χ4n) is 11.1. The van der Waals surface area contributed by atoms with Gasteiger partial charge in [0, 0.05) is 19.3 Å². The van der Waals surface area contributed by atoms with Gasteiger partial charge < -0.3 is 14.2 Å². The molecule has 0 aliphatic carbocycles. The molecule has 0 aliphatic rings. The molecule has 1 atom stereocenters. The highest BCUT2D eigenvalue weighted by Gasteiger charge is 2.19. The molecule has 81 heavy (non-hydrogen) atoms. The largest absolute Gasteiger partial charge is 0.462 e. The Morgan fingerprint density at radius 2 is 0.457 bits per heavy atom. The molecule has 0 N–H and O–H groups in total. The molecule has 0 spiro atoms. The van der Waals surface area contributed by atoms with Gasteiger partial charge in [0.1, 0.15) is 13.2 Å². The average molecular weight is 1140 g/mol. The molecule has 0 bridgehead atoms. The van der Waals surface area contributed by atoms with Crippen molar-refractivity contribution in [3.8, 4) is 0 Å². The van der Waals surface area contributed by atoms with Crippen molar-refractivity contribution >= 4 is 17.9 Å². The van der Waals surface area contributed by atoms with E-state index in [2.05, 4.69) is 57.2 Å². The summed E-state index contributed by atoms with van der Waals surface area (Å²) in [5.41, 5.74) is 0. The van der Waals surface area contributed by atoms with Gasteiger partial charge in [-0.15, -0.1) is 0 Å². The first-order valence-corrected chi connectivity index (χ1v) is 36.5. The Kier molecular flexibility index (Phi) is 68.1. The van der Waals surface area contributed by atoms with Crippen molar-refractivity contribution in [3.05, 3.63) is 36.5 Å². The van der Waals surface area contributed by atoms with Crippen LogP contribution in [0.2, 0.25) is 0 Å². The van der Waals surface area contributed by atoms with Gasteiger partial charge in [-0.2, -0.15) is 0 Å². The van der Waals surface area contributed by atoms with Crippen LogP contribution < -0.4 is 0 Å². The number of hydrogen-bond donors (Lipinski definition) is 0. The van der Waals surface area contributed by atoms with Crippen LogP contribution in [0.1, 0.15) is 406 Å². The van der Waals surface area contributed by atoms with E-state index in [0.29, 0.717) is 19.3 Å². The maximum absolute atomic E-state index is 12.9. The van der Waals surface area contributed by atoms with Crippen molar-refractivity contribution in [2.75, 3.05) is 13.2 Å². The van der Waals surface area contributed by atoms with Crippen LogP contribution in [-0.4, -0.2) is 37.2 Å². The smallest absolute Gasteiger partial charge is 0.306 e. The second-order valence-corrected chi connectivity index (χ2v) is 24.9. The second-order valence-electron chi connectivity index (χ2n) is 24.9. The van der Waals surface area contributed by atoms with Crippen LogP contribution in [-0.2, 0) is 28.6 Å². The molecule has 0 radical (unpaired) electrons. The van der Waals surface area contributed by atoms with Crippen LogP contribution in [0, 0.1) is 0 Å². The number of esters is 3. The Hall–Kier alpha value is -2.37. The molecule has 0 rings (SSSR count). The van der Waals surface area contributed by atoms with Crippen molar-refractivity contribution < 1.29 is 28.6 Å². The molecule has 0 saturated carbocycles. The second kappa shape index (κ2) is 70.1. The first kappa shape index (κ1) is 78.6. The number of allylic oxidation sites excluding steroid dienone is 6. The van der Waals surface area contributed by atoms with E-state index in [1.165, 1.54) is 295 Å². The van der Waals surface area contributed by atoms with E-state index < -0.39 is 6.10 Å². The molecule has 0 amide bonds. The molecule has 0 saturated heterocycles. The number of carbonyl (C=O) groups is 3. The topological polar surface area (TPSA) is 78.9 Å². The number of hydrogen-bond acceptors (Lipinski definition) is 6. The van der Waals surface area contributed by atoms with Crippen molar-refractivity contribution in [3.63, 3.8) is 0 Å². The summed E-state index contributed by atoms with van der Waals surface area (Å²) in [6.07, 6.45) is 87.8. The molecule has 0 aromatic heterocycles. The van der Waals surface area contributed by atoms with E-state index in [4.69, 9.17) is 14.2 Å². The molecule has 1 unspecified atom stereocenters. The normalized spacial score (nSPS) is 12.2. The third-order valence-corrected chi connectivity index (χ3v) is 16.6. The zero-order valence-electron chi connectivity index (χ0n) is 54.8. The molecular formula is C75H140O6. The van der Waals surface area contributed by atoms with Crippen LogP contribution in [0.25, 0.3) is 0 Å². The van der Waals surface area contributed by atoms with Crippen molar-refractivity contribution in [1.82, 2.24) is 0 Å². The highest BCUT2D eigenvalue weighted by atomic mass is 16.6. The van der Waals surface area contributed by atoms with E-state index in [0.717, 1.165) is 70.6 Å². The monoisotopic (exact) mass is 1140 g/mol. The molecule has 476 valence electrons. The zero-order chi connectivity index (χ0) is 58.5.